The number of hydrogen-bond acceptors (Lipinski definition) is 3. The molecule has 3 atom stereocenters. The highest BCUT2D eigenvalue weighted by Crippen LogP contribution is 2.59. The molecule has 3 aromatic rings. The Labute approximate surface area is 194 Å². The lowest BCUT2D eigenvalue weighted by Gasteiger charge is -2.26. The van der Waals surface area contributed by atoms with Gasteiger partial charge < -0.3 is 4.74 Å². The maximum atomic E-state index is 13.3. The van der Waals surface area contributed by atoms with Crippen LogP contribution in [0.15, 0.2) is 82.1 Å². The first-order valence-corrected chi connectivity index (χ1v) is 12.4. The molecule has 0 aromatic heterocycles. The summed E-state index contributed by atoms with van der Waals surface area (Å²) >= 11 is 6.35. The number of nitrogens with zero attached hydrogens (tertiary/aromatic N) is 1. The molecule has 1 aliphatic heterocycles. The SMILES string of the molecule is Cc1ccc(S(=O)(=O)/N=C2/c3ccc(Cl)cc3[C@H]3[C@@H]2[C@@H](c2ccccc2)OC3(C)C)cc1. The quantitative estimate of drug-likeness (QED) is 0.470. The molecule has 164 valence electrons. The molecule has 0 saturated carbocycles. The predicted molar refractivity (Wildman–Crippen MR) is 127 cm³/mol. The lowest BCUT2D eigenvalue weighted by atomic mass is 9.79. The Morgan fingerprint density at radius 1 is 0.969 bits per heavy atom. The monoisotopic (exact) mass is 465 g/mol. The van der Waals surface area contributed by atoms with Crippen LogP contribution in [0.5, 0.6) is 0 Å². The van der Waals surface area contributed by atoms with E-state index in [4.69, 9.17) is 16.3 Å². The van der Waals surface area contributed by atoms with Gasteiger partial charge in [-0.25, -0.2) is 0 Å². The highest BCUT2D eigenvalue weighted by atomic mass is 35.5. The van der Waals surface area contributed by atoms with Gasteiger partial charge in [-0.05, 0) is 56.2 Å². The van der Waals surface area contributed by atoms with Gasteiger partial charge in [-0.15, -0.1) is 0 Å². The number of sulfonamides is 1. The number of halogens is 1. The van der Waals surface area contributed by atoms with Crippen molar-refractivity contribution >= 4 is 27.3 Å². The zero-order valence-electron chi connectivity index (χ0n) is 18.1. The van der Waals surface area contributed by atoms with E-state index in [1.165, 1.54) is 0 Å². The van der Waals surface area contributed by atoms with Gasteiger partial charge in [0.05, 0.1) is 22.3 Å². The fraction of sp³-hybridized carbons (Fsp3) is 0.269. The van der Waals surface area contributed by atoms with E-state index in [1.807, 2.05) is 49.4 Å². The van der Waals surface area contributed by atoms with E-state index in [-0.39, 0.29) is 22.8 Å². The third-order valence-corrected chi connectivity index (χ3v) is 8.01. The van der Waals surface area contributed by atoms with Crippen molar-refractivity contribution in [2.75, 3.05) is 0 Å². The predicted octanol–water partition coefficient (Wildman–Crippen LogP) is 6.09. The van der Waals surface area contributed by atoms with Crippen molar-refractivity contribution < 1.29 is 13.2 Å². The second-order valence-corrected chi connectivity index (χ2v) is 11.1. The van der Waals surface area contributed by atoms with Crippen LogP contribution in [0, 0.1) is 12.8 Å². The van der Waals surface area contributed by atoms with E-state index < -0.39 is 15.6 Å². The number of benzene rings is 3. The smallest absolute Gasteiger partial charge is 0.282 e. The Balaban J connectivity index is 1.72. The average molecular weight is 466 g/mol. The highest BCUT2D eigenvalue weighted by Gasteiger charge is 2.57. The Bertz CT molecular complexity index is 1310. The summed E-state index contributed by atoms with van der Waals surface area (Å²) in [6, 6.07) is 22.3. The van der Waals surface area contributed by atoms with Crippen molar-refractivity contribution in [2.45, 2.75) is 43.3 Å². The molecule has 3 aromatic carbocycles. The lowest BCUT2D eigenvalue weighted by molar-refractivity contribution is -0.0248. The minimum absolute atomic E-state index is 0.0617. The molecule has 1 aliphatic carbocycles. The summed E-state index contributed by atoms with van der Waals surface area (Å²) in [6.07, 6.45) is -0.311. The Kier molecular flexibility index (Phi) is 5.04. The van der Waals surface area contributed by atoms with Crippen LogP contribution in [0.2, 0.25) is 5.02 Å². The first-order chi connectivity index (χ1) is 15.2. The zero-order chi connectivity index (χ0) is 22.7. The number of aryl methyl sites for hydroxylation is 1. The second-order valence-electron chi connectivity index (χ2n) is 9.05. The first-order valence-electron chi connectivity index (χ1n) is 10.6. The number of hydrogen-bond donors (Lipinski definition) is 0. The lowest BCUT2D eigenvalue weighted by Crippen LogP contribution is -2.26. The van der Waals surface area contributed by atoms with E-state index in [0.717, 1.165) is 22.3 Å². The molecule has 32 heavy (non-hydrogen) atoms. The van der Waals surface area contributed by atoms with Gasteiger partial charge in [0, 0.05) is 22.4 Å². The molecule has 1 saturated heterocycles. The van der Waals surface area contributed by atoms with E-state index in [9.17, 15) is 8.42 Å². The average Bonchev–Trinajstić information content (AvgIpc) is 3.21. The Morgan fingerprint density at radius 3 is 2.34 bits per heavy atom. The van der Waals surface area contributed by atoms with Crippen LogP contribution in [0.25, 0.3) is 0 Å². The van der Waals surface area contributed by atoms with Crippen LogP contribution in [-0.4, -0.2) is 19.7 Å². The standard InChI is InChI=1S/C26H24ClNO3S/c1-16-9-12-19(13-10-16)32(29,30)28-24-20-14-11-18(27)15-21(20)23-22(24)25(31-26(23,2)3)17-7-5-4-6-8-17/h4-15,22-23,25H,1-3H3/b28-24-/t22-,23-,25+/m0/s1. The summed E-state index contributed by atoms with van der Waals surface area (Å²) in [5, 5.41) is 0.615. The molecule has 0 unspecified atom stereocenters. The molecule has 1 heterocycles. The van der Waals surface area contributed by atoms with Crippen LogP contribution in [0.3, 0.4) is 0 Å². The van der Waals surface area contributed by atoms with Crippen molar-refractivity contribution in [1.29, 1.82) is 0 Å². The van der Waals surface area contributed by atoms with E-state index in [0.29, 0.717) is 10.7 Å². The number of fused-ring (bicyclic) bond motifs is 3. The second kappa shape index (κ2) is 7.55. The van der Waals surface area contributed by atoms with Crippen molar-refractivity contribution in [1.82, 2.24) is 0 Å². The molecule has 0 bridgehead atoms. The van der Waals surface area contributed by atoms with Gasteiger partial charge in [-0.2, -0.15) is 12.8 Å². The van der Waals surface area contributed by atoms with Gasteiger partial charge in [0.15, 0.2) is 0 Å². The van der Waals surface area contributed by atoms with Crippen molar-refractivity contribution in [2.24, 2.45) is 10.3 Å². The molecule has 0 spiro atoms. The summed E-state index contributed by atoms with van der Waals surface area (Å²) in [5.41, 5.74) is 3.85. The number of rotatable bonds is 3. The van der Waals surface area contributed by atoms with Crippen LogP contribution < -0.4 is 0 Å². The highest BCUT2D eigenvalue weighted by molar-refractivity contribution is 7.90. The summed E-state index contributed by atoms with van der Waals surface area (Å²) in [7, 11) is -3.90. The maximum absolute atomic E-state index is 13.3. The molecule has 0 radical (unpaired) electrons. The molecular formula is C26H24ClNO3S. The molecule has 6 heteroatoms. The first kappa shape index (κ1) is 21.4. The van der Waals surface area contributed by atoms with Gasteiger partial charge in [0.25, 0.3) is 10.0 Å². The minimum atomic E-state index is -3.90. The maximum Gasteiger partial charge on any atom is 0.282 e. The topological polar surface area (TPSA) is 55.7 Å². The minimum Gasteiger partial charge on any atom is -0.366 e. The molecule has 2 aliphatic rings. The largest absolute Gasteiger partial charge is 0.366 e. The van der Waals surface area contributed by atoms with Crippen molar-refractivity contribution in [3.8, 4) is 0 Å². The molecule has 4 nitrogen and oxygen atoms in total. The van der Waals surface area contributed by atoms with Crippen molar-refractivity contribution in [3.63, 3.8) is 0 Å². The van der Waals surface area contributed by atoms with Crippen molar-refractivity contribution in [3.05, 3.63) is 100 Å². The summed E-state index contributed by atoms with van der Waals surface area (Å²) < 4.78 is 37.6. The van der Waals surface area contributed by atoms with E-state index >= 15 is 0 Å². The molecule has 0 amide bonds. The zero-order valence-corrected chi connectivity index (χ0v) is 19.7. The van der Waals surface area contributed by atoms with E-state index in [1.54, 1.807) is 30.3 Å². The fourth-order valence-electron chi connectivity index (χ4n) is 5.07. The summed E-state index contributed by atoms with van der Waals surface area (Å²) in [5.74, 6) is -0.297. The molecular weight excluding hydrogens is 442 g/mol. The summed E-state index contributed by atoms with van der Waals surface area (Å²) in [4.78, 5) is 0.184. The van der Waals surface area contributed by atoms with E-state index in [2.05, 4.69) is 18.2 Å². The molecule has 5 rings (SSSR count). The fourth-order valence-corrected chi connectivity index (χ4v) is 6.32. The van der Waals surface area contributed by atoms with Gasteiger partial charge in [0.2, 0.25) is 0 Å². The van der Waals surface area contributed by atoms with Crippen LogP contribution in [-0.2, 0) is 14.8 Å². The third-order valence-electron chi connectivity index (χ3n) is 6.47. The van der Waals surface area contributed by atoms with Gasteiger partial charge >= 0.3 is 0 Å². The molecule has 0 N–H and O–H groups in total. The van der Waals surface area contributed by atoms with Gasteiger partial charge in [-0.3, -0.25) is 0 Å². The summed E-state index contributed by atoms with van der Waals surface area (Å²) in [6.45, 7) is 6.03. The van der Waals surface area contributed by atoms with Gasteiger partial charge in [0.1, 0.15) is 0 Å². The van der Waals surface area contributed by atoms with Crippen LogP contribution in [0.1, 0.15) is 48.1 Å². The normalized spacial score (nSPS) is 25.0. The van der Waals surface area contributed by atoms with Gasteiger partial charge in [-0.1, -0.05) is 65.7 Å². The molecule has 1 fully saturated rings. The number of ether oxygens (including phenoxy) is 1. The Hall–Kier alpha value is -2.47. The van der Waals surface area contributed by atoms with Crippen LogP contribution >= 0.6 is 11.6 Å². The Morgan fingerprint density at radius 2 is 1.66 bits per heavy atom. The van der Waals surface area contributed by atoms with Crippen LogP contribution in [0.4, 0.5) is 0 Å². The third kappa shape index (κ3) is 3.49.